The van der Waals surface area contributed by atoms with Crippen molar-refractivity contribution in [2.45, 2.75) is 31.9 Å². The molecule has 1 fully saturated rings. The summed E-state index contributed by atoms with van der Waals surface area (Å²) in [5, 5.41) is 3.34. The normalized spacial score (nSPS) is 19.1. The van der Waals surface area contributed by atoms with E-state index in [4.69, 9.17) is 0 Å². The summed E-state index contributed by atoms with van der Waals surface area (Å²) < 4.78 is 0. The summed E-state index contributed by atoms with van der Waals surface area (Å²) in [6.07, 6.45) is 3.46. The van der Waals surface area contributed by atoms with Gasteiger partial charge >= 0.3 is 0 Å². The van der Waals surface area contributed by atoms with Crippen molar-refractivity contribution in [3.8, 4) is 0 Å². The smallest absolute Gasteiger partial charge is 0.239 e. The molecule has 0 radical (unpaired) electrons. The molecule has 0 aliphatic carbocycles. The molecule has 1 aromatic heterocycles. The fourth-order valence-electron chi connectivity index (χ4n) is 2.40. The molecule has 0 bridgehead atoms. The number of rotatable bonds is 4. The van der Waals surface area contributed by atoms with Crippen molar-refractivity contribution >= 4 is 28.7 Å². The number of aliphatic imine (C=N–C) groups is 1. The maximum Gasteiger partial charge on any atom is 0.239 e. The molecule has 4 nitrogen and oxygen atoms in total. The summed E-state index contributed by atoms with van der Waals surface area (Å²) in [5.74, 6) is 0.640. The number of thioether (sulfide) groups is 1. The van der Waals surface area contributed by atoms with E-state index in [1.807, 2.05) is 19.1 Å². The Morgan fingerprint density at radius 2 is 1.96 bits per heavy atom. The van der Waals surface area contributed by atoms with Gasteiger partial charge < -0.3 is 5.32 Å². The zero-order chi connectivity index (χ0) is 16.2. The highest BCUT2D eigenvalue weighted by atomic mass is 32.2. The summed E-state index contributed by atoms with van der Waals surface area (Å²) >= 11 is 1.47. The topological polar surface area (TPSA) is 54.4 Å². The first-order valence-electron chi connectivity index (χ1n) is 7.70. The summed E-state index contributed by atoms with van der Waals surface area (Å²) in [6.45, 7) is 4.13. The SMILES string of the molecule is CCc1ccc(CC2SC(=Nc3cc(C)ccn3)NC2=O)cc1. The number of nitrogens with zero attached hydrogens (tertiary/aromatic N) is 2. The number of carbonyl (C=O) groups excluding carboxylic acids is 1. The van der Waals surface area contributed by atoms with Gasteiger partial charge in [-0.05, 0) is 48.6 Å². The quantitative estimate of drug-likeness (QED) is 0.937. The number of hydrogen-bond donors (Lipinski definition) is 1. The highest BCUT2D eigenvalue weighted by Gasteiger charge is 2.30. The summed E-state index contributed by atoms with van der Waals surface area (Å²) in [5.41, 5.74) is 3.58. The van der Waals surface area contributed by atoms with Crippen molar-refractivity contribution in [2.24, 2.45) is 4.99 Å². The minimum absolute atomic E-state index is 0.0148. The lowest BCUT2D eigenvalue weighted by Gasteiger charge is -2.06. The third-order valence-electron chi connectivity index (χ3n) is 3.75. The average molecular weight is 325 g/mol. The molecule has 2 aromatic rings. The molecule has 1 atom stereocenters. The van der Waals surface area contributed by atoms with Crippen molar-refractivity contribution < 1.29 is 4.79 Å². The van der Waals surface area contributed by atoms with Crippen molar-refractivity contribution in [1.82, 2.24) is 10.3 Å². The Labute approximate surface area is 140 Å². The first-order valence-corrected chi connectivity index (χ1v) is 8.58. The summed E-state index contributed by atoms with van der Waals surface area (Å²) in [4.78, 5) is 20.8. The number of aryl methyl sites for hydroxylation is 2. The lowest BCUT2D eigenvalue weighted by molar-refractivity contribution is -0.118. The van der Waals surface area contributed by atoms with Crippen LogP contribution in [0.25, 0.3) is 0 Å². The number of benzene rings is 1. The van der Waals surface area contributed by atoms with E-state index in [0.717, 1.165) is 12.0 Å². The van der Waals surface area contributed by atoms with Crippen LogP contribution >= 0.6 is 11.8 Å². The highest BCUT2D eigenvalue weighted by Crippen LogP contribution is 2.25. The van der Waals surface area contributed by atoms with E-state index in [-0.39, 0.29) is 11.2 Å². The van der Waals surface area contributed by atoms with E-state index in [1.54, 1.807) is 6.20 Å². The van der Waals surface area contributed by atoms with Gasteiger partial charge in [0, 0.05) is 6.20 Å². The Kier molecular flexibility index (Phi) is 4.76. The van der Waals surface area contributed by atoms with Crippen molar-refractivity contribution in [3.63, 3.8) is 0 Å². The van der Waals surface area contributed by atoms with Gasteiger partial charge in [0.25, 0.3) is 0 Å². The Morgan fingerprint density at radius 1 is 1.22 bits per heavy atom. The maximum atomic E-state index is 12.1. The summed E-state index contributed by atoms with van der Waals surface area (Å²) in [7, 11) is 0. The number of hydrogen-bond acceptors (Lipinski definition) is 4. The van der Waals surface area contributed by atoms with E-state index in [0.29, 0.717) is 17.4 Å². The third kappa shape index (κ3) is 3.99. The lowest BCUT2D eigenvalue weighted by Crippen LogP contribution is -2.25. The third-order valence-corrected chi connectivity index (χ3v) is 4.83. The molecule has 0 spiro atoms. The number of amides is 1. The number of carbonyl (C=O) groups is 1. The van der Waals surface area contributed by atoms with E-state index >= 15 is 0 Å². The fourth-order valence-corrected chi connectivity index (χ4v) is 3.42. The Morgan fingerprint density at radius 3 is 2.65 bits per heavy atom. The molecular formula is C18H19N3OS. The minimum atomic E-state index is -0.133. The van der Waals surface area contributed by atoms with Gasteiger partial charge in [0.1, 0.15) is 0 Å². The van der Waals surface area contributed by atoms with Gasteiger partial charge in [-0.15, -0.1) is 0 Å². The molecule has 1 N–H and O–H groups in total. The van der Waals surface area contributed by atoms with Gasteiger partial charge in [0.05, 0.1) is 5.25 Å². The molecule has 2 heterocycles. The van der Waals surface area contributed by atoms with Crippen LogP contribution in [-0.2, 0) is 17.6 Å². The molecule has 1 saturated heterocycles. The maximum absolute atomic E-state index is 12.1. The van der Waals surface area contributed by atoms with Crippen molar-refractivity contribution in [2.75, 3.05) is 0 Å². The largest absolute Gasteiger partial charge is 0.304 e. The van der Waals surface area contributed by atoms with E-state index in [9.17, 15) is 4.79 Å². The molecule has 1 amide bonds. The average Bonchev–Trinajstić information content (AvgIpc) is 2.87. The molecule has 1 aliphatic heterocycles. The van der Waals surface area contributed by atoms with E-state index in [1.165, 1.54) is 22.9 Å². The Bertz CT molecular complexity index is 740. The van der Waals surface area contributed by atoms with Crippen LogP contribution in [0.3, 0.4) is 0 Å². The van der Waals surface area contributed by atoms with Crippen molar-refractivity contribution in [3.05, 3.63) is 59.3 Å². The molecule has 3 rings (SSSR count). The molecule has 118 valence electrons. The van der Waals surface area contributed by atoms with Crippen molar-refractivity contribution in [1.29, 1.82) is 0 Å². The van der Waals surface area contributed by atoms with Gasteiger partial charge in [0.2, 0.25) is 5.91 Å². The van der Waals surface area contributed by atoms with E-state index in [2.05, 4.69) is 46.5 Å². The fraction of sp³-hybridized carbons (Fsp3) is 0.278. The number of aromatic nitrogens is 1. The minimum Gasteiger partial charge on any atom is -0.304 e. The van der Waals surface area contributed by atoms with Crippen LogP contribution in [0, 0.1) is 6.92 Å². The molecule has 5 heteroatoms. The predicted octanol–water partition coefficient (Wildman–Crippen LogP) is 3.41. The first-order chi connectivity index (χ1) is 11.1. The van der Waals surface area contributed by atoms with Crippen LogP contribution < -0.4 is 5.32 Å². The van der Waals surface area contributed by atoms with E-state index < -0.39 is 0 Å². The number of nitrogens with one attached hydrogen (secondary N) is 1. The second-order valence-corrected chi connectivity index (χ2v) is 6.77. The Hall–Kier alpha value is -2.14. The molecule has 0 saturated carbocycles. The molecular weight excluding hydrogens is 306 g/mol. The monoisotopic (exact) mass is 325 g/mol. The van der Waals surface area contributed by atoms with Crippen LogP contribution in [0.5, 0.6) is 0 Å². The van der Waals surface area contributed by atoms with Crippen LogP contribution in [0.2, 0.25) is 0 Å². The lowest BCUT2D eigenvalue weighted by atomic mass is 10.1. The molecule has 23 heavy (non-hydrogen) atoms. The van der Waals surface area contributed by atoms with Crippen LogP contribution in [0.1, 0.15) is 23.6 Å². The zero-order valence-electron chi connectivity index (χ0n) is 13.2. The second-order valence-electron chi connectivity index (χ2n) is 5.58. The molecule has 1 aromatic carbocycles. The summed E-state index contributed by atoms with van der Waals surface area (Å²) in [6, 6.07) is 12.3. The molecule has 1 aliphatic rings. The van der Waals surface area contributed by atoms with Gasteiger partial charge in [-0.25, -0.2) is 9.98 Å². The number of pyridine rings is 1. The second kappa shape index (κ2) is 6.96. The molecule has 1 unspecified atom stereocenters. The van der Waals surface area contributed by atoms with Crippen LogP contribution in [-0.4, -0.2) is 21.3 Å². The van der Waals surface area contributed by atoms with Gasteiger partial charge in [-0.3, -0.25) is 4.79 Å². The number of amidine groups is 1. The standard InChI is InChI=1S/C18H19N3OS/c1-3-13-4-6-14(7-5-13)11-15-17(22)21-18(23-15)20-16-10-12(2)8-9-19-16/h4-10,15H,3,11H2,1-2H3,(H,19,20,21,22). The van der Waals surface area contributed by atoms with Gasteiger partial charge in [0.15, 0.2) is 11.0 Å². The van der Waals surface area contributed by atoms with Gasteiger partial charge in [-0.1, -0.05) is 43.0 Å². The van der Waals surface area contributed by atoms with Crippen LogP contribution in [0.4, 0.5) is 5.82 Å². The van der Waals surface area contributed by atoms with Crippen LogP contribution in [0.15, 0.2) is 47.6 Å². The first kappa shape index (κ1) is 15.7. The Balaban J connectivity index is 1.69. The van der Waals surface area contributed by atoms with Gasteiger partial charge in [-0.2, -0.15) is 0 Å². The highest BCUT2D eigenvalue weighted by molar-refractivity contribution is 8.15. The zero-order valence-corrected chi connectivity index (χ0v) is 14.1. The predicted molar refractivity (Wildman–Crippen MR) is 95.1 cm³/mol.